The Morgan fingerprint density at radius 3 is 2.76 bits per heavy atom. The van der Waals surface area contributed by atoms with Gasteiger partial charge in [0.1, 0.15) is 18.1 Å². The second-order valence-electron chi connectivity index (χ2n) is 4.49. The first-order chi connectivity index (χ1) is 9.88. The zero-order valence-electron chi connectivity index (χ0n) is 11.4. The van der Waals surface area contributed by atoms with Crippen LogP contribution in [-0.2, 0) is 6.61 Å². The molecule has 0 radical (unpaired) electrons. The zero-order valence-corrected chi connectivity index (χ0v) is 13.0. The summed E-state index contributed by atoms with van der Waals surface area (Å²) in [6.07, 6.45) is -0.907. The van der Waals surface area contributed by atoms with Crippen LogP contribution >= 0.6 is 15.9 Å². The van der Waals surface area contributed by atoms with Gasteiger partial charge in [0.2, 0.25) is 5.75 Å². The van der Waals surface area contributed by atoms with Crippen LogP contribution in [0, 0.1) is 17.0 Å². The second kappa shape index (κ2) is 6.23. The third-order valence-electron chi connectivity index (χ3n) is 2.75. The normalized spacial score (nSPS) is 12.2. The molecule has 1 aromatic heterocycles. The zero-order chi connectivity index (χ0) is 15.6. The van der Waals surface area contributed by atoms with Crippen molar-refractivity contribution in [3.63, 3.8) is 0 Å². The van der Waals surface area contributed by atoms with E-state index >= 15 is 0 Å². The van der Waals surface area contributed by atoms with Crippen LogP contribution in [0.2, 0.25) is 0 Å². The number of nitrogens with zero attached hydrogens (tertiary/aromatic N) is 2. The van der Waals surface area contributed by atoms with Crippen molar-refractivity contribution in [2.24, 2.45) is 0 Å². The van der Waals surface area contributed by atoms with Crippen LogP contribution in [0.1, 0.15) is 30.0 Å². The Labute approximate surface area is 128 Å². The monoisotopic (exact) mass is 356 g/mol. The number of nitro benzene ring substituents is 1. The number of hydrogen-bond acceptors (Lipinski definition) is 6. The number of aryl methyl sites for hydroxylation is 1. The van der Waals surface area contributed by atoms with Gasteiger partial charge in [-0.3, -0.25) is 10.1 Å². The van der Waals surface area contributed by atoms with E-state index in [1.165, 1.54) is 13.0 Å². The van der Waals surface area contributed by atoms with E-state index in [4.69, 9.17) is 9.26 Å². The fourth-order valence-corrected chi connectivity index (χ4v) is 2.30. The highest BCUT2D eigenvalue weighted by molar-refractivity contribution is 9.10. The molecule has 2 aromatic rings. The molecule has 0 bridgehead atoms. The van der Waals surface area contributed by atoms with Gasteiger partial charge in [-0.25, -0.2) is 0 Å². The number of aliphatic hydroxyl groups excluding tert-OH is 1. The summed E-state index contributed by atoms with van der Waals surface area (Å²) in [4.78, 5) is 10.6. The highest BCUT2D eigenvalue weighted by Crippen LogP contribution is 2.38. The minimum absolute atomic E-state index is 0.0134. The van der Waals surface area contributed by atoms with Crippen molar-refractivity contribution in [3.8, 4) is 5.75 Å². The highest BCUT2D eigenvalue weighted by Gasteiger charge is 2.23. The van der Waals surface area contributed by atoms with Crippen LogP contribution in [-0.4, -0.2) is 15.2 Å². The average Bonchev–Trinajstić information content (AvgIpc) is 2.81. The third kappa shape index (κ3) is 3.59. The van der Waals surface area contributed by atoms with Crippen LogP contribution in [0.25, 0.3) is 0 Å². The number of halogens is 1. The lowest BCUT2D eigenvalue weighted by atomic mass is 10.1. The number of rotatable bonds is 5. The quantitative estimate of drug-likeness (QED) is 0.651. The van der Waals surface area contributed by atoms with E-state index < -0.39 is 11.0 Å². The van der Waals surface area contributed by atoms with Crippen molar-refractivity contribution >= 4 is 21.6 Å². The van der Waals surface area contributed by atoms with E-state index in [1.54, 1.807) is 19.1 Å². The number of hydrogen-bond donors (Lipinski definition) is 1. The fourth-order valence-electron chi connectivity index (χ4n) is 1.84. The lowest BCUT2D eigenvalue weighted by Crippen LogP contribution is -2.05. The van der Waals surface area contributed by atoms with Gasteiger partial charge >= 0.3 is 5.69 Å². The number of aliphatic hydroxyl groups is 1. The van der Waals surface area contributed by atoms with Gasteiger partial charge in [0.15, 0.2) is 0 Å². The predicted molar refractivity (Wildman–Crippen MR) is 77.0 cm³/mol. The lowest BCUT2D eigenvalue weighted by molar-refractivity contribution is -0.386. The Morgan fingerprint density at radius 1 is 1.52 bits per heavy atom. The molecule has 21 heavy (non-hydrogen) atoms. The highest BCUT2D eigenvalue weighted by atomic mass is 79.9. The molecule has 1 N–H and O–H groups in total. The van der Waals surface area contributed by atoms with Gasteiger partial charge in [-0.15, -0.1) is 0 Å². The molecule has 0 aliphatic carbocycles. The topological polar surface area (TPSA) is 98.6 Å². The van der Waals surface area contributed by atoms with Gasteiger partial charge in [-0.1, -0.05) is 21.1 Å². The van der Waals surface area contributed by atoms with Crippen molar-refractivity contribution in [3.05, 3.63) is 49.8 Å². The molecule has 1 heterocycles. The molecule has 2 rings (SSSR count). The van der Waals surface area contributed by atoms with Crippen molar-refractivity contribution in [1.29, 1.82) is 0 Å². The summed E-state index contributed by atoms with van der Waals surface area (Å²) in [5.74, 6) is 0.647. The Kier molecular flexibility index (Phi) is 4.59. The molecule has 0 aliphatic rings. The number of ether oxygens (including phenoxy) is 1. The number of benzene rings is 1. The lowest BCUT2D eigenvalue weighted by Gasteiger charge is -2.13. The summed E-state index contributed by atoms with van der Waals surface area (Å²) in [6.45, 7) is 3.26. The minimum Gasteiger partial charge on any atom is -0.480 e. The first-order valence-corrected chi connectivity index (χ1v) is 6.88. The molecular weight excluding hydrogens is 344 g/mol. The SMILES string of the molecule is Cc1cc(COc2c([C@@H](C)O)cc(Br)cc2[N+](=O)[O-])no1. The first-order valence-electron chi connectivity index (χ1n) is 6.09. The average molecular weight is 357 g/mol. The smallest absolute Gasteiger partial charge is 0.312 e. The number of aromatic nitrogens is 1. The van der Waals surface area contributed by atoms with Crippen LogP contribution in [0.15, 0.2) is 27.2 Å². The van der Waals surface area contributed by atoms with E-state index in [0.717, 1.165) is 0 Å². The van der Waals surface area contributed by atoms with Gasteiger partial charge in [0.25, 0.3) is 0 Å². The molecular formula is C13H13BrN2O5. The van der Waals surface area contributed by atoms with E-state index in [2.05, 4.69) is 21.1 Å². The van der Waals surface area contributed by atoms with Gasteiger partial charge in [0, 0.05) is 22.2 Å². The molecule has 0 unspecified atom stereocenters. The van der Waals surface area contributed by atoms with E-state index in [9.17, 15) is 15.2 Å². The molecule has 7 nitrogen and oxygen atoms in total. The molecule has 8 heteroatoms. The van der Waals surface area contributed by atoms with Crippen LogP contribution in [0.4, 0.5) is 5.69 Å². The van der Waals surface area contributed by atoms with Gasteiger partial charge < -0.3 is 14.4 Å². The van der Waals surface area contributed by atoms with Crippen LogP contribution in [0.5, 0.6) is 5.75 Å². The van der Waals surface area contributed by atoms with E-state index in [0.29, 0.717) is 21.5 Å². The molecule has 0 saturated heterocycles. The largest absolute Gasteiger partial charge is 0.480 e. The molecule has 112 valence electrons. The predicted octanol–water partition coefficient (Wildman–Crippen LogP) is 3.29. The van der Waals surface area contributed by atoms with Crippen molar-refractivity contribution in [2.45, 2.75) is 26.6 Å². The maximum absolute atomic E-state index is 11.2. The minimum atomic E-state index is -0.907. The number of nitro groups is 1. The summed E-state index contributed by atoms with van der Waals surface area (Å²) in [5, 5.41) is 24.7. The van der Waals surface area contributed by atoms with E-state index in [1.807, 2.05) is 0 Å². The van der Waals surface area contributed by atoms with Crippen molar-refractivity contribution in [1.82, 2.24) is 5.16 Å². The van der Waals surface area contributed by atoms with Crippen LogP contribution in [0.3, 0.4) is 0 Å². The van der Waals surface area contributed by atoms with Crippen LogP contribution < -0.4 is 4.74 Å². The molecule has 0 aliphatic heterocycles. The van der Waals surface area contributed by atoms with Crippen molar-refractivity contribution in [2.75, 3.05) is 0 Å². The summed E-state index contributed by atoms with van der Waals surface area (Å²) in [6, 6.07) is 4.59. The van der Waals surface area contributed by atoms with Crippen molar-refractivity contribution < 1.29 is 19.3 Å². The molecule has 1 atom stereocenters. The van der Waals surface area contributed by atoms with Gasteiger partial charge in [-0.2, -0.15) is 0 Å². The molecule has 0 spiro atoms. The molecule has 0 fully saturated rings. The maximum atomic E-state index is 11.2. The van der Waals surface area contributed by atoms with Gasteiger partial charge in [-0.05, 0) is 19.9 Å². The summed E-state index contributed by atoms with van der Waals surface area (Å²) in [7, 11) is 0. The molecule has 0 saturated carbocycles. The Bertz CT molecular complexity index is 669. The second-order valence-corrected chi connectivity index (χ2v) is 5.41. The maximum Gasteiger partial charge on any atom is 0.312 e. The summed E-state index contributed by atoms with van der Waals surface area (Å²) < 4.78 is 10.9. The Balaban J connectivity index is 2.37. The first kappa shape index (κ1) is 15.5. The third-order valence-corrected chi connectivity index (χ3v) is 3.21. The molecule has 0 amide bonds. The summed E-state index contributed by atoms with van der Waals surface area (Å²) >= 11 is 3.18. The standard InChI is InChI=1S/C13H13BrN2O5/c1-7-3-10(15-21-7)6-20-13-11(8(2)17)4-9(14)5-12(13)16(18)19/h3-5,8,17H,6H2,1-2H3/t8-/m1/s1. The Hall–Kier alpha value is -1.93. The fraction of sp³-hybridized carbons (Fsp3) is 0.308. The Morgan fingerprint density at radius 2 is 2.24 bits per heavy atom. The van der Waals surface area contributed by atoms with Gasteiger partial charge in [0.05, 0.1) is 11.0 Å². The van der Waals surface area contributed by atoms with E-state index in [-0.39, 0.29) is 18.0 Å². The molecule has 1 aromatic carbocycles. The summed E-state index contributed by atoms with van der Waals surface area (Å²) in [5.41, 5.74) is 0.623.